The molecular weight excluding hydrogens is 282 g/mol. The Hall–Kier alpha value is -0.710. The molecule has 0 bridgehead atoms. The molecule has 0 heterocycles. The van der Waals surface area contributed by atoms with Gasteiger partial charge in [-0.25, -0.2) is 0 Å². The van der Waals surface area contributed by atoms with Crippen LogP contribution in [0.3, 0.4) is 0 Å². The highest BCUT2D eigenvalue weighted by molar-refractivity contribution is 8.00. The van der Waals surface area contributed by atoms with E-state index in [2.05, 4.69) is 23.9 Å². The van der Waals surface area contributed by atoms with Gasteiger partial charge in [0.25, 0.3) is 0 Å². The standard InChI is InChI=1S/C14H20ClNO2S/c1-10(2)7-16-8-11-12(15)5-4-6-13(11)19-9-14(17)18-3/h4-6,10,16H,7-9H2,1-3H3. The van der Waals surface area contributed by atoms with Crippen LogP contribution in [-0.4, -0.2) is 25.4 Å². The van der Waals surface area contributed by atoms with Crippen LogP contribution in [0.1, 0.15) is 19.4 Å². The van der Waals surface area contributed by atoms with Crippen molar-refractivity contribution < 1.29 is 9.53 Å². The predicted octanol–water partition coefficient (Wildman–Crippen LogP) is 3.35. The minimum Gasteiger partial charge on any atom is -0.468 e. The Morgan fingerprint density at radius 1 is 1.47 bits per heavy atom. The summed E-state index contributed by atoms with van der Waals surface area (Å²) in [5, 5.41) is 4.10. The van der Waals surface area contributed by atoms with E-state index in [9.17, 15) is 4.79 Å². The molecule has 0 radical (unpaired) electrons. The smallest absolute Gasteiger partial charge is 0.315 e. The van der Waals surface area contributed by atoms with E-state index in [1.165, 1.54) is 18.9 Å². The third kappa shape index (κ3) is 5.85. The number of methoxy groups -OCH3 is 1. The Morgan fingerprint density at radius 3 is 2.84 bits per heavy atom. The van der Waals surface area contributed by atoms with Crippen LogP contribution in [0.25, 0.3) is 0 Å². The molecule has 0 aromatic heterocycles. The lowest BCUT2D eigenvalue weighted by molar-refractivity contribution is -0.137. The molecule has 0 aliphatic heterocycles. The summed E-state index contributed by atoms with van der Waals surface area (Å²) in [4.78, 5) is 12.2. The van der Waals surface area contributed by atoms with Crippen LogP contribution >= 0.6 is 23.4 Å². The topological polar surface area (TPSA) is 38.3 Å². The van der Waals surface area contributed by atoms with Gasteiger partial charge in [0.05, 0.1) is 12.9 Å². The SMILES string of the molecule is COC(=O)CSc1cccc(Cl)c1CNCC(C)C. The molecule has 0 fully saturated rings. The van der Waals surface area contributed by atoms with E-state index in [1.54, 1.807) is 0 Å². The summed E-state index contributed by atoms with van der Waals surface area (Å²) >= 11 is 7.68. The second-order valence-corrected chi connectivity index (χ2v) is 6.03. The highest BCUT2D eigenvalue weighted by Crippen LogP contribution is 2.28. The monoisotopic (exact) mass is 301 g/mol. The number of nitrogens with one attached hydrogen (secondary N) is 1. The fourth-order valence-corrected chi connectivity index (χ4v) is 2.75. The summed E-state index contributed by atoms with van der Waals surface area (Å²) in [6, 6.07) is 5.75. The molecule has 0 atom stereocenters. The van der Waals surface area contributed by atoms with Gasteiger partial charge < -0.3 is 10.1 Å². The molecule has 0 aliphatic rings. The predicted molar refractivity (Wildman–Crippen MR) is 80.7 cm³/mol. The van der Waals surface area contributed by atoms with Crippen molar-refractivity contribution in [2.24, 2.45) is 5.92 Å². The van der Waals surface area contributed by atoms with E-state index in [0.29, 0.717) is 18.2 Å². The van der Waals surface area contributed by atoms with Crippen LogP contribution in [0.4, 0.5) is 0 Å². The zero-order chi connectivity index (χ0) is 14.3. The molecule has 0 saturated carbocycles. The van der Waals surface area contributed by atoms with Crippen molar-refractivity contribution in [2.45, 2.75) is 25.3 Å². The second kappa shape index (κ2) is 8.46. The normalized spacial score (nSPS) is 10.8. The molecule has 0 unspecified atom stereocenters. The second-order valence-electron chi connectivity index (χ2n) is 4.61. The van der Waals surface area contributed by atoms with Gasteiger partial charge >= 0.3 is 5.97 Å². The number of benzene rings is 1. The highest BCUT2D eigenvalue weighted by atomic mass is 35.5. The summed E-state index contributed by atoms with van der Waals surface area (Å²) in [7, 11) is 1.39. The van der Waals surface area contributed by atoms with Crippen LogP contribution in [0, 0.1) is 5.92 Å². The van der Waals surface area contributed by atoms with E-state index < -0.39 is 0 Å². The number of halogens is 1. The number of hydrogen-bond acceptors (Lipinski definition) is 4. The zero-order valence-corrected chi connectivity index (χ0v) is 13.1. The van der Waals surface area contributed by atoms with E-state index in [0.717, 1.165) is 22.0 Å². The van der Waals surface area contributed by atoms with Gasteiger partial charge in [0.15, 0.2) is 0 Å². The van der Waals surface area contributed by atoms with Crippen molar-refractivity contribution in [2.75, 3.05) is 19.4 Å². The lowest BCUT2D eigenvalue weighted by atomic mass is 10.2. The largest absolute Gasteiger partial charge is 0.468 e. The first-order chi connectivity index (χ1) is 9.04. The van der Waals surface area contributed by atoms with Gasteiger partial charge in [0.1, 0.15) is 0 Å². The summed E-state index contributed by atoms with van der Waals surface area (Å²) in [5.74, 6) is 0.660. The van der Waals surface area contributed by atoms with Crippen LogP contribution in [0.5, 0.6) is 0 Å². The lowest BCUT2D eigenvalue weighted by Gasteiger charge is -2.13. The highest BCUT2D eigenvalue weighted by Gasteiger charge is 2.10. The maximum absolute atomic E-state index is 11.2. The van der Waals surface area contributed by atoms with Crippen molar-refractivity contribution in [1.29, 1.82) is 0 Å². The minimum atomic E-state index is -0.230. The number of hydrogen-bond donors (Lipinski definition) is 1. The van der Waals surface area contributed by atoms with E-state index in [4.69, 9.17) is 11.6 Å². The first kappa shape index (κ1) is 16.3. The van der Waals surface area contributed by atoms with Gasteiger partial charge in [-0.3, -0.25) is 4.79 Å². The van der Waals surface area contributed by atoms with Crippen molar-refractivity contribution in [3.05, 3.63) is 28.8 Å². The van der Waals surface area contributed by atoms with Gasteiger partial charge in [-0.2, -0.15) is 0 Å². The number of thioether (sulfide) groups is 1. The summed E-state index contributed by atoms with van der Waals surface area (Å²) in [5.41, 5.74) is 1.04. The maximum Gasteiger partial charge on any atom is 0.315 e. The number of carbonyl (C=O) groups is 1. The fourth-order valence-electron chi connectivity index (χ4n) is 1.53. The molecular formula is C14H20ClNO2S. The quantitative estimate of drug-likeness (QED) is 0.619. The van der Waals surface area contributed by atoms with Gasteiger partial charge in [-0.05, 0) is 30.2 Å². The maximum atomic E-state index is 11.2. The molecule has 5 heteroatoms. The molecule has 1 aromatic rings. The summed E-state index contributed by atoms with van der Waals surface area (Å²) < 4.78 is 4.65. The average molecular weight is 302 g/mol. The molecule has 1 aromatic carbocycles. The van der Waals surface area contributed by atoms with Gasteiger partial charge in [0.2, 0.25) is 0 Å². The lowest BCUT2D eigenvalue weighted by Crippen LogP contribution is -2.19. The van der Waals surface area contributed by atoms with E-state index in [-0.39, 0.29) is 5.97 Å². The van der Waals surface area contributed by atoms with E-state index >= 15 is 0 Å². The third-order valence-electron chi connectivity index (χ3n) is 2.50. The average Bonchev–Trinajstić information content (AvgIpc) is 2.38. The Kier molecular flexibility index (Phi) is 7.28. The molecule has 0 saturated heterocycles. The molecule has 3 nitrogen and oxygen atoms in total. The Labute approximate surface area is 124 Å². The first-order valence-electron chi connectivity index (χ1n) is 6.22. The third-order valence-corrected chi connectivity index (χ3v) is 3.93. The van der Waals surface area contributed by atoms with Crippen LogP contribution < -0.4 is 5.32 Å². The Morgan fingerprint density at radius 2 is 2.21 bits per heavy atom. The van der Waals surface area contributed by atoms with Crippen LogP contribution in [0.2, 0.25) is 5.02 Å². The zero-order valence-electron chi connectivity index (χ0n) is 11.5. The first-order valence-corrected chi connectivity index (χ1v) is 7.58. The van der Waals surface area contributed by atoms with Crippen molar-refractivity contribution in [1.82, 2.24) is 5.32 Å². The molecule has 0 aliphatic carbocycles. The molecule has 0 amide bonds. The van der Waals surface area contributed by atoms with Crippen LogP contribution in [-0.2, 0) is 16.1 Å². The molecule has 19 heavy (non-hydrogen) atoms. The molecule has 0 spiro atoms. The van der Waals surface area contributed by atoms with Gasteiger partial charge in [-0.1, -0.05) is 31.5 Å². The number of rotatable bonds is 7. The van der Waals surface area contributed by atoms with Crippen molar-refractivity contribution in [3.63, 3.8) is 0 Å². The van der Waals surface area contributed by atoms with Gasteiger partial charge in [-0.15, -0.1) is 11.8 Å². The number of carbonyl (C=O) groups excluding carboxylic acids is 1. The van der Waals surface area contributed by atoms with Crippen LogP contribution in [0.15, 0.2) is 23.1 Å². The molecule has 1 N–H and O–H groups in total. The van der Waals surface area contributed by atoms with Gasteiger partial charge in [0, 0.05) is 16.5 Å². The summed E-state index contributed by atoms with van der Waals surface area (Å²) in [6.07, 6.45) is 0. The van der Waals surface area contributed by atoms with E-state index in [1.807, 2.05) is 18.2 Å². The number of ether oxygens (including phenoxy) is 1. The molecule has 1 rings (SSSR count). The Bertz CT molecular complexity index is 424. The Balaban J connectivity index is 2.68. The summed E-state index contributed by atoms with van der Waals surface area (Å²) in [6.45, 7) is 5.97. The number of esters is 1. The molecule has 106 valence electrons. The van der Waals surface area contributed by atoms with Crippen molar-refractivity contribution >= 4 is 29.3 Å². The minimum absolute atomic E-state index is 0.230. The fraction of sp³-hybridized carbons (Fsp3) is 0.500. The van der Waals surface area contributed by atoms with Crippen molar-refractivity contribution in [3.8, 4) is 0 Å².